The number of carbonyl (C=O) groups is 2. The lowest BCUT2D eigenvalue weighted by Gasteiger charge is -2.23. The van der Waals surface area contributed by atoms with Crippen LogP contribution in [0.4, 0.5) is 0 Å². The molecule has 6 heteroatoms. The van der Waals surface area contributed by atoms with E-state index in [1.165, 1.54) is 14.2 Å². The van der Waals surface area contributed by atoms with Gasteiger partial charge in [0, 0.05) is 22.3 Å². The first kappa shape index (κ1) is 21.4. The Morgan fingerprint density at radius 3 is 1.25 bits per heavy atom. The van der Waals surface area contributed by atoms with E-state index in [-0.39, 0.29) is 22.7 Å². The number of ketones is 2. The summed E-state index contributed by atoms with van der Waals surface area (Å²) in [6.45, 7) is 3.78. The van der Waals surface area contributed by atoms with E-state index in [1.807, 2.05) is 13.8 Å². The molecule has 0 bridgehead atoms. The largest absolute Gasteiger partial charge is 0.496 e. The van der Waals surface area contributed by atoms with Crippen molar-refractivity contribution >= 4 is 23.7 Å². The molecular weight excluding hydrogens is 408 g/mol. The third-order valence-corrected chi connectivity index (χ3v) is 5.85. The van der Waals surface area contributed by atoms with E-state index in [1.54, 1.807) is 50.7 Å². The smallest absolute Gasteiger partial charge is 0.198 e. The molecule has 0 radical (unpaired) electrons. The topological polar surface area (TPSA) is 71.1 Å². The molecule has 0 unspecified atom stereocenters. The zero-order valence-corrected chi connectivity index (χ0v) is 18.9. The molecule has 0 heterocycles. The van der Waals surface area contributed by atoms with Crippen LogP contribution in [0.25, 0.3) is 12.2 Å². The molecule has 0 N–H and O–H groups in total. The Balaban J connectivity index is 1.94. The predicted octanol–water partition coefficient (Wildman–Crippen LogP) is 4.75. The molecule has 0 aliphatic heterocycles. The maximum atomic E-state index is 13.6. The van der Waals surface area contributed by atoms with Gasteiger partial charge in [-0.3, -0.25) is 9.59 Å². The van der Waals surface area contributed by atoms with Gasteiger partial charge in [0.25, 0.3) is 0 Å². The van der Waals surface area contributed by atoms with Crippen molar-refractivity contribution in [1.82, 2.24) is 0 Å². The monoisotopic (exact) mass is 432 g/mol. The number of ether oxygens (including phenoxy) is 4. The quantitative estimate of drug-likeness (QED) is 0.649. The minimum Gasteiger partial charge on any atom is -0.496 e. The number of Topliss-reactive ketones (excluding diaryl/α,β-unsaturated/α-hetero) is 2. The molecule has 0 saturated carbocycles. The second-order valence-electron chi connectivity index (χ2n) is 7.59. The van der Waals surface area contributed by atoms with E-state index in [2.05, 4.69) is 0 Å². The fraction of sp³-hybridized carbons (Fsp3) is 0.231. The van der Waals surface area contributed by atoms with Crippen molar-refractivity contribution in [1.29, 1.82) is 0 Å². The third kappa shape index (κ3) is 3.02. The molecule has 2 aliphatic carbocycles. The molecule has 0 fully saturated rings. The Morgan fingerprint density at radius 1 is 0.562 bits per heavy atom. The Labute approximate surface area is 186 Å². The second kappa shape index (κ2) is 8.04. The average Bonchev–Trinajstić information content (AvgIpc) is 2.78. The predicted molar refractivity (Wildman–Crippen MR) is 122 cm³/mol. The first-order valence-corrected chi connectivity index (χ1v) is 10.1. The minimum atomic E-state index is -0.299. The van der Waals surface area contributed by atoms with Gasteiger partial charge in [0.2, 0.25) is 0 Å². The molecule has 0 atom stereocenters. The summed E-state index contributed by atoms with van der Waals surface area (Å²) in [5, 5.41) is 0. The highest BCUT2D eigenvalue weighted by Gasteiger charge is 2.33. The molecule has 0 saturated heterocycles. The first-order chi connectivity index (χ1) is 15.4. The van der Waals surface area contributed by atoms with Crippen LogP contribution in [0.3, 0.4) is 0 Å². The summed E-state index contributed by atoms with van der Waals surface area (Å²) in [7, 11) is 6.16. The number of rotatable bonds is 4. The maximum Gasteiger partial charge on any atom is 0.198 e. The zero-order valence-electron chi connectivity index (χ0n) is 18.9. The summed E-state index contributed by atoms with van der Waals surface area (Å²) in [5.74, 6) is 1.49. The number of aryl methyl sites for hydroxylation is 2. The van der Waals surface area contributed by atoms with Gasteiger partial charge in [-0.2, -0.15) is 0 Å². The van der Waals surface area contributed by atoms with Crippen molar-refractivity contribution in [2.75, 3.05) is 28.4 Å². The van der Waals surface area contributed by atoms with Gasteiger partial charge in [-0.15, -0.1) is 0 Å². The third-order valence-electron chi connectivity index (χ3n) is 5.85. The van der Waals surface area contributed by atoms with E-state index in [0.717, 1.165) is 11.1 Å². The molecule has 164 valence electrons. The summed E-state index contributed by atoms with van der Waals surface area (Å²) in [4.78, 5) is 27.2. The first-order valence-electron chi connectivity index (χ1n) is 10.1. The lowest BCUT2D eigenvalue weighted by atomic mass is 9.82. The van der Waals surface area contributed by atoms with Crippen molar-refractivity contribution in [2.45, 2.75) is 13.8 Å². The van der Waals surface area contributed by atoms with Crippen LogP contribution in [-0.4, -0.2) is 40.0 Å². The normalized spacial score (nSPS) is 16.6. The van der Waals surface area contributed by atoms with E-state index in [4.69, 9.17) is 18.9 Å². The minimum absolute atomic E-state index is 0.287. The maximum absolute atomic E-state index is 13.6. The fourth-order valence-corrected chi connectivity index (χ4v) is 4.41. The van der Waals surface area contributed by atoms with E-state index >= 15 is 0 Å². The Morgan fingerprint density at radius 2 is 0.938 bits per heavy atom. The highest BCUT2D eigenvalue weighted by Crippen LogP contribution is 2.43. The van der Waals surface area contributed by atoms with Gasteiger partial charge in [0.05, 0.1) is 39.6 Å². The number of benzene rings is 2. The standard InChI is InChI=1S/C26H24O6/c1-13-11-19(29-3)21-17(25(13)31-5)9-7-15(23(21)27)16-8-10-18-22(24(16)28)20(30-4)12-14(2)26(18)32-6/h7-12H,1-6H3. The van der Waals surface area contributed by atoms with Crippen molar-refractivity contribution in [3.8, 4) is 23.0 Å². The lowest BCUT2D eigenvalue weighted by Crippen LogP contribution is -2.19. The fourth-order valence-electron chi connectivity index (χ4n) is 4.41. The summed E-state index contributed by atoms with van der Waals surface area (Å²) >= 11 is 0. The summed E-state index contributed by atoms with van der Waals surface area (Å²) in [6.07, 6.45) is 6.90. The Bertz CT molecular complexity index is 1160. The number of fused-ring (bicyclic) bond motifs is 2. The second-order valence-corrected chi connectivity index (χ2v) is 7.59. The van der Waals surface area contributed by atoms with Gasteiger partial charge in [-0.25, -0.2) is 0 Å². The summed E-state index contributed by atoms with van der Waals surface area (Å²) in [5.41, 5.74) is 4.31. The number of carbonyl (C=O) groups excluding carboxylic acids is 2. The molecule has 0 amide bonds. The van der Waals surface area contributed by atoms with E-state index in [0.29, 0.717) is 45.3 Å². The van der Waals surface area contributed by atoms with Crippen LogP contribution in [0.2, 0.25) is 0 Å². The SMILES string of the molecule is COc1cc(C)c(OC)c2c1C(=O)C(=C1C=Cc3c(OC)c(C)cc(OC)c3C1=O)C=C2. The molecule has 2 aromatic carbocycles. The van der Waals surface area contributed by atoms with Gasteiger partial charge >= 0.3 is 0 Å². The van der Waals surface area contributed by atoms with Gasteiger partial charge in [0.1, 0.15) is 23.0 Å². The van der Waals surface area contributed by atoms with Crippen LogP contribution in [0.15, 0.2) is 35.4 Å². The van der Waals surface area contributed by atoms with Crippen molar-refractivity contribution in [3.05, 3.63) is 68.8 Å². The van der Waals surface area contributed by atoms with Crippen molar-refractivity contribution in [2.24, 2.45) is 0 Å². The summed E-state index contributed by atoms with van der Waals surface area (Å²) in [6, 6.07) is 3.53. The van der Waals surface area contributed by atoms with Crippen LogP contribution in [0.5, 0.6) is 23.0 Å². The average molecular weight is 432 g/mol. The molecule has 2 aliphatic rings. The molecule has 0 aromatic heterocycles. The van der Waals surface area contributed by atoms with Crippen molar-refractivity contribution in [3.63, 3.8) is 0 Å². The number of hydrogen-bond acceptors (Lipinski definition) is 6. The summed E-state index contributed by atoms with van der Waals surface area (Å²) < 4.78 is 22.0. The highest BCUT2D eigenvalue weighted by atomic mass is 16.5. The Hall–Kier alpha value is -3.80. The van der Waals surface area contributed by atoms with Crippen molar-refractivity contribution < 1.29 is 28.5 Å². The van der Waals surface area contributed by atoms with Crippen LogP contribution >= 0.6 is 0 Å². The number of allylic oxidation sites excluding steroid dienone is 4. The molecule has 0 spiro atoms. The molecule has 32 heavy (non-hydrogen) atoms. The highest BCUT2D eigenvalue weighted by molar-refractivity contribution is 6.26. The van der Waals surface area contributed by atoms with E-state index < -0.39 is 0 Å². The van der Waals surface area contributed by atoms with E-state index in [9.17, 15) is 9.59 Å². The van der Waals surface area contributed by atoms with Crippen LogP contribution in [0, 0.1) is 13.8 Å². The molecule has 4 rings (SSSR count). The van der Waals surface area contributed by atoms with Gasteiger partial charge < -0.3 is 18.9 Å². The van der Waals surface area contributed by atoms with Gasteiger partial charge in [0.15, 0.2) is 11.6 Å². The molecule has 6 nitrogen and oxygen atoms in total. The van der Waals surface area contributed by atoms with Crippen LogP contribution < -0.4 is 18.9 Å². The van der Waals surface area contributed by atoms with Gasteiger partial charge in [-0.05, 0) is 61.4 Å². The number of methoxy groups -OCH3 is 4. The zero-order chi connectivity index (χ0) is 23.2. The molecular formula is C26H24O6. The van der Waals surface area contributed by atoms with Gasteiger partial charge in [-0.1, -0.05) is 0 Å². The van der Waals surface area contributed by atoms with Crippen LogP contribution in [-0.2, 0) is 0 Å². The Kier molecular flexibility index (Phi) is 5.38. The lowest BCUT2D eigenvalue weighted by molar-refractivity contribution is 0.1000. The molecule has 2 aromatic rings. The number of hydrogen-bond donors (Lipinski definition) is 0. The van der Waals surface area contributed by atoms with Crippen LogP contribution in [0.1, 0.15) is 43.0 Å².